The highest BCUT2D eigenvalue weighted by molar-refractivity contribution is 6.30. The van der Waals surface area contributed by atoms with E-state index in [1.807, 2.05) is 0 Å². The fourth-order valence-electron chi connectivity index (χ4n) is 1.93. The third-order valence-corrected chi connectivity index (χ3v) is 3.51. The number of anilines is 1. The summed E-state index contributed by atoms with van der Waals surface area (Å²) in [5.41, 5.74) is 5.90. The van der Waals surface area contributed by atoms with Gasteiger partial charge in [-0.05, 0) is 55.5 Å². The smallest absolute Gasteiger partial charge is 0.347 e. The summed E-state index contributed by atoms with van der Waals surface area (Å²) in [6.07, 6.45) is -0.890. The van der Waals surface area contributed by atoms with E-state index >= 15 is 0 Å². The van der Waals surface area contributed by atoms with Gasteiger partial charge in [0.05, 0.1) is 0 Å². The molecule has 2 amide bonds. The highest BCUT2D eigenvalue weighted by atomic mass is 35.5. The molecule has 0 fully saturated rings. The zero-order valence-electron chi connectivity index (χ0n) is 13.9. The molecule has 0 aromatic heterocycles. The molecule has 1 atom stereocenters. The molecule has 136 valence electrons. The third-order valence-electron chi connectivity index (χ3n) is 3.26. The number of carbonyl (C=O) groups is 3. The first-order valence-electron chi connectivity index (χ1n) is 7.63. The van der Waals surface area contributed by atoms with Crippen LogP contribution in [0.1, 0.15) is 17.3 Å². The average Bonchev–Trinajstić information content (AvgIpc) is 2.62. The number of benzene rings is 2. The van der Waals surface area contributed by atoms with Gasteiger partial charge in [-0.3, -0.25) is 9.59 Å². The second-order valence-corrected chi connectivity index (χ2v) is 5.75. The minimum absolute atomic E-state index is 0.322. The number of hydrogen-bond acceptors (Lipinski definition) is 5. The highest BCUT2D eigenvalue weighted by Crippen LogP contribution is 2.17. The first kappa shape index (κ1) is 19.3. The predicted octanol–water partition coefficient (Wildman–Crippen LogP) is 2.39. The Morgan fingerprint density at radius 1 is 1.08 bits per heavy atom. The first-order valence-corrected chi connectivity index (χ1v) is 8.01. The normalized spacial score (nSPS) is 11.3. The van der Waals surface area contributed by atoms with Gasteiger partial charge < -0.3 is 20.5 Å². The Labute approximate surface area is 155 Å². The van der Waals surface area contributed by atoms with Crippen molar-refractivity contribution >= 4 is 35.1 Å². The summed E-state index contributed by atoms with van der Waals surface area (Å²) in [6.45, 7) is 1.04. The van der Waals surface area contributed by atoms with Crippen LogP contribution in [0.4, 0.5) is 5.69 Å². The number of hydrogen-bond donors (Lipinski definition) is 2. The number of esters is 1. The lowest BCUT2D eigenvalue weighted by molar-refractivity contribution is -0.153. The highest BCUT2D eigenvalue weighted by Gasteiger charge is 2.18. The van der Waals surface area contributed by atoms with Crippen molar-refractivity contribution < 1.29 is 23.9 Å². The predicted molar refractivity (Wildman–Crippen MR) is 96.1 cm³/mol. The monoisotopic (exact) mass is 376 g/mol. The molecule has 2 rings (SSSR count). The lowest BCUT2D eigenvalue weighted by Gasteiger charge is -2.14. The molecule has 7 nitrogen and oxygen atoms in total. The fourth-order valence-corrected chi connectivity index (χ4v) is 2.06. The van der Waals surface area contributed by atoms with Crippen molar-refractivity contribution in [3.8, 4) is 5.75 Å². The molecule has 0 saturated carbocycles. The van der Waals surface area contributed by atoms with Crippen LogP contribution in [0.15, 0.2) is 48.5 Å². The number of primary amides is 1. The van der Waals surface area contributed by atoms with Gasteiger partial charge in [0.2, 0.25) is 5.91 Å². The first-order chi connectivity index (χ1) is 12.3. The summed E-state index contributed by atoms with van der Waals surface area (Å²) >= 11 is 5.77. The average molecular weight is 377 g/mol. The van der Waals surface area contributed by atoms with Crippen LogP contribution < -0.4 is 15.8 Å². The van der Waals surface area contributed by atoms with E-state index in [4.69, 9.17) is 26.8 Å². The van der Waals surface area contributed by atoms with Crippen LogP contribution in [0.25, 0.3) is 0 Å². The van der Waals surface area contributed by atoms with E-state index in [1.165, 1.54) is 31.2 Å². The lowest BCUT2D eigenvalue weighted by atomic mass is 10.2. The van der Waals surface area contributed by atoms with Crippen LogP contribution in [-0.2, 0) is 14.3 Å². The summed E-state index contributed by atoms with van der Waals surface area (Å²) in [7, 11) is 0. The Morgan fingerprint density at radius 3 is 2.27 bits per heavy atom. The minimum Gasteiger partial charge on any atom is -0.479 e. The van der Waals surface area contributed by atoms with Crippen molar-refractivity contribution in [1.29, 1.82) is 0 Å². The van der Waals surface area contributed by atoms with Crippen molar-refractivity contribution in [2.24, 2.45) is 5.73 Å². The zero-order valence-corrected chi connectivity index (χ0v) is 14.7. The van der Waals surface area contributed by atoms with Crippen molar-refractivity contribution in [3.05, 3.63) is 59.1 Å². The maximum Gasteiger partial charge on any atom is 0.347 e. The van der Waals surface area contributed by atoms with Crippen LogP contribution in [-0.4, -0.2) is 30.5 Å². The van der Waals surface area contributed by atoms with Crippen molar-refractivity contribution in [2.45, 2.75) is 13.0 Å². The minimum atomic E-state index is -0.890. The van der Waals surface area contributed by atoms with Gasteiger partial charge in [-0.15, -0.1) is 0 Å². The molecule has 0 spiro atoms. The molecular weight excluding hydrogens is 360 g/mol. The third kappa shape index (κ3) is 5.78. The molecule has 2 aromatic carbocycles. The number of nitrogens with two attached hydrogens (primary N) is 1. The zero-order chi connectivity index (χ0) is 19.1. The molecule has 0 heterocycles. The maximum absolute atomic E-state index is 11.9. The standard InChI is InChI=1S/C18H17ClN2O5/c1-11(26-15-8-4-13(19)5-9-15)18(24)25-10-16(22)21-14-6-2-12(3-7-14)17(20)23/h2-9,11H,10H2,1H3,(H2,20,23)(H,21,22)/t11-/m1/s1. The Hall–Kier alpha value is -3.06. The summed E-state index contributed by atoms with van der Waals surface area (Å²) in [4.78, 5) is 34.7. The Morgan fingerprint density at radius 2 is 1.69 bits per heavy atom. The molecule has 0 aliphatic rings. The van der Waals surface area contributed by atoms with Crippen LogP contribution >= 0.6 is 11.6 Å². The molecular formula is C18H17ClN2O5. The molecule has 0 saturated heterocycles. The molecule has 0 aliphatic heterocycles. The molecule has 8 heteroatoms. The largest absolute Gasteiger partial charge is 0.479 e. The topological polar surface area (TPSA) is 108 Å². The molecule has 0 bridgehead atoms. The van der Waals surface area contributed by atoms with Crippen LogP contribution in [0.3, 0.4) is 0 Å². The van der Waals surface area contributed by atoms with Crippen LogP contribution in [0.2, 0.25) is 5.02 Å². The summed E-state index contributed by atoms with van der Waals surface area (Å²) < 4.78 is 10.3. The van der Waals surface area contributed by atoms with E-state index < -0.39 is 30.5 Å². The van der Waals surface area contributed by atoms with E-state index in [-0.39, 0.29) is 0 Å². The molecule has 0 unspecified atom stereocenters. The number of rotatable bonds is 7. The second kappa shape index (κ2) is 8.87. The van der Waals surface area contributed by atoms with Gasteiger partial charge in [-0.25, -0.2) is 4.79 Å². The Bertz CT molecular complexity index is 790. The van der Waals surface area contributed by atoms with Gasteiger partial charge in [0, 0.05) is 16.3 Å². The van der Waals surface area contributed by atoms with Gasteiger partial charge in [-0.1, -0.05) is 11.6 Å². The van der Waals surface area contributed by atoms with E-state index in [9.17, 15) is 14.4 Å². The van der Waals surface area contributed by atoms with Crippen molar-refractivity contribution in [3.63, 3.8) is 0 Å². The number of halogens is 1. The van der Waals surface area contributed by atoms with Crippen molar-refractivity contribution in [1.82, 2.24) is 0 Å². The van der Waals surface area contributed by atoms with E-state index in [2.05, 4.69) is 5.32 Å². The number of nitrogens with one attached hydrogen (secondary N) is 1. The summed E-state index contributed by atoms with van der Waals surface area (Å²) in [6, 6.07) is 12.5. The number of ether oxygens (including phenoxy) is 2. The van der Waals surface area contributed by atoms with Crippen LogP contribution in [0.5, 0.6) is 5.75 Å². The van der Waals surface area contributed by atoms with Crippen LogP contribution in [0, 0.1) is 0 Å². The van der Waals surface area contributed by atoms with Gasteiger partial charge in [-0.2, -0.15) is 0 Å². The fraction of sp³-hybridized carbons (Fsp3) is 0.167. The number of carbonyl (C=O) groups excluding carboxylic acids is 3. The quantitative estimate of drug-likeness (QED) is 0.721. The Kier molecular flexibility index (Phi) is 6.57. The van der Waals surface area contributed by atoms with Gasteiger partial charge in [0.15, 0.2) is 12.7 Å². The summed E-state index contributed by atoms with van der Waals surface area (Å²) in [5, 5.41) is 3.08. The molecule has 3 N–H and O–H groups in total. The van der Waals surface area contributed by atoms with Gasteiger partial charge in [0.1, 0.15) is 5.75 Å². The second-order valence-electron chi connectivity index (χ2n) is 5.31. The van der Waals surface area contributed by atoms with E-state index in [0.717, 1.165) is 0 Å². The molecule has 0 radical (unpaired) electrons. The lowest BCUT2D eigenvalue weighted by Crippen LogP contribution is -2.29. The van der Waals surface area contributed by atoms with E-state index in [1.54, 1.807) is 24.3 Å². The SMILES string of the molecule is C[C@@H](Oc1ccc(Cl)cc1)C(=O)OCC(=O)Nc1ccc(C(N)=O)cc1. The maximum atomic E-state index is 11.9. The van der Waals surface area contributed by atoms with Crippen molar-refractivity contribution in [2.75, 3.05) is 11.9 Å². The summed E-state index contributed by atoms with van der Waals surface area (Å²) in [5.74, 6) is -1.31. The molecule has 2 aromatic rings. The van der Waals surface area contributed by atoms with Gasteiger partial charge >= 0.3 is 5.97 Å². The molecule has 0 aliphatic carbocycles. The number of amides is 2. The van der Waals surface area contributed by atoms with Gasteiger partial charge in [0.25, 0.3) is 5.91 Å². The Balaban J connectivity index is 1.79. The molecule has 26 heavy (non-hydrogen) atoms. The van der Waals surface area contributed by atoms with E-state index in [0.29, 0.717) is 22.0 Å².